The largest absolute Gasteiger partial charge is 0.544 e. The van der Waals surface area contributed by atoms with Gasteiger partial charge in [0.15, 0.2) is 6.10 Å². The standard InChI is InChI=1S/C52H91NO7/c1-6-8-10-12-14-16-18-20-22-23-24-25-26-27-29-31-33-35-37-39-41-43-51(55)60-48(46-58-45-44-49(52(56)57)53(3,4)5)47-59-50(54)42-40-38-36-34-32-30-28-21-19-17-15-13-11-9-7-2/h8-11,13-17,19,48-49H,6-7,12,18,20-47H2,1-5H3/b10-8+,11-9+,15-13+,16-14+,19-17+. The summed E-state index contributed by atoms with van der Waals surface area (Å²) in [6.45, 7) is 4.43. The number of ether oxygens (including phenoxy) is 3. The zero-order chi connectivity index (χ0) is 44.2. The van der Waals surface area contributed by atoms with E-state index >= 15 is 0 Å². The lowest BCUT2D eigenvalue weighted by molar-refractivity contribution is -0.889. The van der Waals surface area contributed by atoms with E-state index in [1.807, 2.05) is 0 Å². The fourth-order valence-electron chi connectivity index (χ4n) is 6.99. The van der Waals surface area contributed by atoms with Crippen molar-refractivity contribution in [3.05, 3.63) is 60.8 Å². The number of carboxylic acid groups (broad SMARTS) is 1. The Balaban J connectivity index is 4.25. The van der Waals surface area contributed by atoms with Gasteiger partial charge in [0.2, 0.25) is 0 Å². The second-order valence-corrected chi connectivity index (χ2v) is 17.3. The minimum absolute atomic E-state index is 0.0359. The highest BCUT2D eigenvalue weighted by Gasteiger charge is 2.25. The van der Waals surface area contributed by atoms with E-state index in [4.69, 9.17) is 14.2 Å². The Labute approximate surface area is 368 Å². The normalized spacial score (nSPS) is 13.4. The lowest BCUT2D eigenvalue weighted by atomic mass is 10.0. The van der Waals surface area contributed by atoms with E-state index in [0.717, 1.165) is 64.2 Å². The van der Waals surface area contributed by atoms with E-state index in [9.17, 15) is 19.5 Å². The summed E-state index contributed by atoms with van der Waals surface area (Å²) in [6, 6.07) is -0.729. The van der Waals surface area contributed by atoms with Crippen molar-refractivity contribution >= 4 is 17.9 Å². The molecular weight excluding hydrogens is 751 g/mol. The molecule has 0 N–H and O–H groups in total. The van der Waals surface area contributed by atoms with Gasteiger partial charge in [0.25, 0.3) is 0 Å². The van der Waals surface area contributed by atoms with Gasteiger partial charge in [-0.3, -0.25) is 9.59 Å². The number of hydrogen-bond donors (Lipinski definition) is 0. The first-order chi connectivity index (χ1) is 29.1. The molecule has 0 amide bonds. The molecule has 0 aromatic carbocycles. The van der Waals surface area contributed by atoms with E-state index in [2.05, 4.69) is 74.6 Å². The molecule has 8 heteroatoms. The number of rotatable bonds is 43. The van der Waals surface area contributed by atoms with Crippen LogP contribution < -0.4 is 5.11 Å². The molecule has 0 aliphatic carbocycles. The number of allylic oxidation sites excluding steroid dienone is 10. The maximum Gasteiger partial charge on any atom is 0.306 e. The summed E-state index contributed by atoms with van der Waals surface area (Å²) >= 11 is 0. The van der Waals surface area contributed by atoms with E-state index < -0.39 is 18.1 Å². The number of unbranched alkanes of at least 4 members (excludes halogenated alkanes) is 21. The number of esters is 2. The molecule has 0 aromatic heterocycles. The lowest BCUT2D eigenvalue weighted by Gasteiger charge is -2.34. The summed E-state index contributed by atoms with van der Waals surface area (Å²) in [5.41, 5.74) is 0. The van der Waals surface area contributed by atoms with E-state index in [1.54, 1.807) is 21.1 Å². The Kier molecular flexibility index (Phi) is 40.6. The van der Waals surface area contributed by atoms with Crippen molar-refractivity contribution in [1.29, 1.82) is 0 Å². The van der Waals surface area contributed by atoms with E-state index in [-0.39, 0.29) is 42.7 Å². The molecular formula is C52H91NO7. The van der Waals surface area contributed by atoms with Crippen LogP contribution in [0.15, 0.2) is 60.8 Å². The van der Waals surface area contributed by atoms with Gasteiger partial charge in [0.1, 0.15) is 12.6 Å². The lowest BCUT2D eigenvalue weighted by Crippen LogP contribution is -2.55. The smallest absolute Gasteiger partial charge is 0.306 e. The zero-order valence-corrected chi connectivity index (χ0v) is 39.4. The number of quaternary nitrogens is 1. The Morgan fingerprint density at radius 1 is 0.517 bits per heavy atom. The fourth-order valence-corrected chi connectivity index (χ4v) is 6.99. The van der Waals surface area contributed by atoms with Crippen molar-refractivity contribution in [2.45, 2.75) is 212 Å². The Hall–Kier alpha value is -2.97. The highest BCUT2D eigenvalue weighted by Crippen LogP contribution is 2.15. The van der Waals surface area contributed by atoms with Crippen molar-refractivity contribution in [1.82, 2.24) is 0 Å². The summed E-state index contributed by atoms with van der Waals surface area (Å²) in [4.78, 5) is 37.0. The first kappa shape index (κ1) is 57.0. The van der Waals surface area contributed by atoms with Crippen molar-refractivity contribution in [3.63, 3.8) is 0 Å². The summed E-state index contributed by atoms with van der Waals surface area (Å²) in [5.74, 6) is -1.75. The van der Waals surface area contributed by atoms with Crippen LogP contribution in [0.5, 0.6) is 0 Å². The number of carbonyl (C=O) groups is 3. The molecule has 2 unspecified atom stereocenters. The van der Waals surface area contributed by atoms with Crippen molar-refractivity contribution < 1.29 is 38.2 Å². The maximum absolute atomic E-state index is 12.8. The third-order valence-corrected chi connectivity index (χ3v) is 10.7. The number of aliphatic carboxylic acids is 1. The molecule has 0 aliphatic rings. The first-order valence-corrected chi connectivity index (χ1v) is 24.3. The molecule has 346 valence electrons. The highest BCUT2D eigenvalue weighted by atomic mass is 16.6. The molecule has 0 saturated carbocycles. The summed E-state index contributed by atoms with van der Waals surface area (Å²) in [6.07, 6.45) is 52.5. The quantitative estimate of drug-likeness (QED) is 0.0198. The maximum atomic E-state index is 12.8. The van der Waals surface area contributed by atoms with Crippen LogP contribution in [-0.4, -0.2) is 75.5 Å². The number of carboxylic acids is 1. The van der Waals surface area contributed by atoms with Gasteiger partial charge >= 0.3 is 11.9 Å². The SMILES string of the molecule is CC/C=C/C=C/C=C/CCCCCCCCCC(=O)OCC(COCCC(C(=O)[O-])[N+](C)(C)C)OC(=O)CCCCCCCCCCCCCCCC/C=C/C/C=C/CC. The molecule has 0 saturated heterocycles. The van der Waals surface area contributed by atoms with Crippen LogP contribution in [0.4, 0.5) is 0 Å². The Morgan fingerprint density at radius 2 is 0.967 bits per heavy atom. The van der Waals surface area contributed by atoms with Crippen LogP contribution in [0.2, 0.25) is 0 Å². The van der Waals surface area contributed by atoms with Crippen molar-refractivity contribution in [2.24, 2.45) is 0 Å². The Bertz CT molecular complexity index is 1170. The third-order valence-electron chi connectivity index (χ3n) is 10.7. The molecule has 0 aliphatic heterocycles. The van der Waals surface area contributed by atoms with Gasteiger partial charge in [-0.05, 0) is 57.8 Å². The van der Waals surface area contributed by atoms with E-state index in [0.29, 0.717) is 12.8 Å². The molecule has 8 nitrogen and oxygen atoms in total. The van der Waals surface area contributed by atoms with Crippen LogP contribution in [0.25, 0.3) is 0 Å². The minimum atomic E-state index is -1.13. The molecule has 0 bridgehead atoms. The van der Waals surface area contributed by atoms with Crippen molar-refractivity contribution in [3.8, 4) is 0 Å². The van der Waals surface area contributed by atoms with Gasteiger partial charge in [-0.15, -0.1) is 0 Å². The number of hydrogen-bond acceptors (Lipinski definition) is 7. The fraction of sp³-hybridized carbons (Fsp3) is 0.750. The second kappa shape index (κ2) is 42.7. The van der Waals surface area contributed by atoms with Crippen LogP contribution in [0, 0.1) is 0 Å². The summed E-state index contributed by atoms with van der Waals surface area (Å²) in [7, 11) is 5.41. The average Bonchev–Trinajstić information content (AvgIpc) is 3.21. The van der Waals surface area contributed by atoms with Gasteiger partial charge in [-0.25, -0.2) is 0 Å². The molecule has 60 heavy (non-hydrogen) atoms. The molecule has 0 fully saturated rings. The number of nitrogens with zero attached hydrogens (tertiary/aromatic N) is 1. The summed E-state index contributed by atoms with van der Waals surface area (Å²) in [5, 5.41) is 11.6. The van der Waals surface area contributed by atoms with Crippen LogP contribution in [-0.2, 0) is 28.6 Å². The van der Waals surface area contributed by atoms with Gasteiger partial charge < -0.3 is 28.6 Å². The molecule has 0 rings (SSSR count). The number of carbonyl (C=O) groups excluding carboxylic acids is 3. The minimum Gasteiger partial charge on any atom is -0.544 e. The van der Waals surface area contributed by atoms with E-state index in [1.165, 1.54) is 103 Å². The molecule has 0 spiro atoms. The van der Waals surface area contributed by atoms with Gasteiger partial charge in [-0.1, -0.05) is 184 Å². The third kappa shape index (κ3) is 40.4. The van der Waals surface area contributed by atoms with Gasteiger partial charge in [0, 0.05) is 19.3 Å². The topological polar surface area (TPSA) is 102 Å². The second-order valence-electron chi connectivity index (χ2n) is 17.3. The molecule has 0 radical (unpaired) electrons. The van der Waals surface area contributed by atoms with Crippen molar-refractivity contribution in [2.75, 3.05) is 41.0 Å². The molecule has 0 heterocycles. The van der Waals surface area contributed by atoms with Gasteiger partial charge in [0.05, 0.1) is 40.3 Å². The summed E-state index contributed by atoms with van der Waals surface area (Å²) < 4.78 is 17.2. The van der Waals surface area contributed by atoms with Gasteiger partial charge in [-0.2, -0.15) is 0 Å². The molecule has 2 atom stereocenters. The average molecular weight is 842 g/mol. The first-order valence-electron chi connectivity index (χ1n) is 24.3. The predicted molar refractivity (Wildman–Crippen MR) is 249 cm³/mol. The van der Waals surface area contributed by atoms with Crippen LogP contribution in [0.1, 0.15) is 200 Å². The Morgan fingerprint density at radius 3 is 1.47 bits per heavy atom. The van der Waals surface area contributed by atoms with Crippen LogP contribution in [0.3, 0.4) is 0 Å². The zero-order valence-electron chi connectivity index (χ0n) is 39.4. The highest BCUT2D eigenvalue weighted by molar-refractivity contribution is 5.70. The number of likely N-dealkylation sites (N-methyl/N-ethyl adjacent to an activating group) is 1. The molecule has 0 aromatic rings. The monoisotopic (exact) mass is 842 g/mol. The van der Waals surface area contributed by atoms with Crippen LogP contribution >= 0.6 is 0 Å². The predicted octanol–water partition coefficient (Wildman–Crippen LogP) is 12.4.